The number of amides is 2. The summed E-state index contributed by atoms with van der Waals surface area (Å²) in [7, 11) is 1.20. The van der Waals surface area contributed by atoms with E-state index in [0.29, 0.717) is 10.7 Å². The Morgan fingerprint density at radius 2 is 1.86 bits per heavy atom. The molecule has 0 aliphatic carbocycles. The van der Waals surface area contributed by atoms with Crippen molar-refractivity contribution < 1.29 is 19.4 Å². The lowest BCUT2D eigenvalue weighted by Crippen LogP contribution is -2.19. The van der Waals surface area contributed by atoms with Crippen LogP contribution in [0.1, 0.15) is 10.4 Å². The third-order valence-corrected chi connectivity index (χ3v) is 3.01. The van der Waals surface area contributed by atoms with Gasteiger partial charge in [-0.2, -0.15) is 0 Å². The summed E-state index contributed by atoms with van der Waals surface area (Å²) in [6.45, 7) is 0. The van der Waals surface area contributed by atoms with Gasteiger partial charge in [0, 0.05) is 10.7 Å². The van der Waals surface area contributed by atoms with Crippen molar-refractivity contribution in [3.05, 3.63) is 53.1 Å². The average Bonchev–Trinajstić information content (AvgIpc) is 2.48. The van der Waals surface area contributed by atoms with Crippen molar-refractivity contribution in [2.75, 3.05) is 17.7 Å². The zero-order chi connectivity index (χ0) is 16.1. The number of halogens is 1. The van der Waals surface area contributed by atoms with E-state index in [4.69, 9.17) is 11.6 Å². The lowest BCUT2D eigenvalue weighted by molar-refractivity contribution is 0.0597. The smallest absolute Gasteiger partial charge is 0.341 e. The van der Waals surface area contributed by atoms with Crippen molar-refractivity contribution in [2.45, 2.75) is 0 Å². The molecule has 3 N–H and O–H groups in total. The van der Waals surface area contributed by atoms with E-state index in [1.54, 1.807) is 24.3 Å². The van der Waals surface area contributed by atoms with Crippen molar-refractivity contribution in [3.8, 4) is 5.75 Å². The molecule has 0 atom stereocenters. The molecule has 2 amide bonds. The summed E-state index contributed by atoms with van der Waals surface area (Å²) < 4.78 is 4.54. The number of methoxy groups -OCH3 is 1. The van der Waals surface area contributed by atoms with E-state index < -0.39 is 12.0 Å². The number of phenolic OH excluding ortho intramolecular Hbond substituents is 1. The number of carbonyl (C=O) groups excluding carboxylic acids is 2. The average molecular weight is 321 g/mol. The third kappa shape index (κ3) is 3.67. The topological polar surface area (TPSA) is 87.7 Å². The van der Waals surface area contributed by atoms with Gasteiger partial charge in [0.15, 0.2) is 5.75 Å². The lowest BCUT2D eigenvalue weighted by Gasteiger charge is -2.11. The molecule has 0 radical (unpaired) electrons. The van der Waals surface area contributed by atoms with Crippen molar-refractivity contribution in [3.63, 3.8) is 0 Å². The van der Waals surface area contributed by atoms with Crippen molar-refractivity contribution in [2.24, 2.45) is 0 Å². The summed E-state index contributed by atoms with van der Waals surface area (Å²) >= 11 is 5.82. The van der Waals surface area contributed by atoms with Crippen LogP contribution in [0.5, 0.6) is 5.75 Å². The molecule has 2 aromatic carbocycles. The number of phenols is 1. The summed E-state index contributed by atoms with van der Waals surface area (Å²) in [5.74, 6) is -1.06. The van der Waals surface area contributed by atoms with E-state index in [1.807, 2.05) is 0 Å². The zero-order valence-corrected chi connectivity index (χ0v) is 12.3. The fourth-order valence-electron chi connectivity index (χ4n) is 1.77. The molecule has 6 nitrogen and oxygen atoms in total. The fraction of sp³-hybridized carbons (Fsp3) is 0.0667. The number of nitrogens with one attached hydrogen (secondary N) is 2. The summed E-state index contributed by atoms with van der Waals surface area (Å²) in [4.78, 5) is 23.4. The highest BCUT2D eigenvalue weighted by atomic mass is 35.5. The van der Waals surface area contributed by atoms with E-state index in [1.165, 1.54) is 25.3 Å². The maximum absolute atomic E-state index is 11.9. The molecule has 0 aromatic heterocycles. The Bertz CT molecular complexity index is 718. The van der Waals surface area contributed by atoms with Gasteiger partial charge in [-0.25, -0.2) is 9.59 Å². The molecule has 0 aliphatic rings. The van der Waals surface area contributed by atoms with Gasteiger partial charge >= 0.3 is 12.0 Å². The van der Waals surface area contributed by atoms with Crippen molar-refractivity contribution >= 4 is 35.0 Å². The first-order valence-electron chi connectivity index (χ1n) is 6.25. The number of hydrogen-bond donors (Lipinski definition) is 3. The zero-order valence-electron chi connectivity index (χ0n) is 11.6. The first-order chi connectivity index (χ1) is 10.5. The molecule has 0 spiro atoms. The molecule has 0 saturated heterocycles. The summed E-state index contributed by atoms with van der Waals surface area (Å²) in [5, 5.41) is 15.5. The van der Waals surface area contributed by atoms with E-state index in [0.717, 1.165) is 0 Å². The number of benzene rings is 2. The second-order valence-electron chi connectivity index (χ2n) is 4.28. The minimum atomic E-state index is -0.698. The van der Waals surface area contributed by atoms with Gasteiger partial charge in [0.25, 0.3) is 0 Å². The van der Waals surface area contributed by atoms with E-state index in [9.17, 15) is 14.7 Å². The molecule has 2 aromatic rings. The highest BCUT2D eigenvalue weighted by molar-refractivity contribution is 6.30. The number of urea groups is 1. The SMILES string of the molecule is COC(=O)c1cccc(NC(=O)Nc2cccc(Cl)c2)c1O. The fourth-order valence-corrected chi connectivity index (χ4v) is 1.96. The summed E-state index contributed by atoms with van der Waals surface area (Å²) in [6, 6.07) is 10.4. The second-order valence-corrected chi connectivity index (χ2v) is 4.72. The van der Waals surface area contributed by atoms with Crippen molar-refractivity contribution in [1.29, 1.82) is 0 Å². The number of hydrogen-bond acceptors (Lipinski definition) is 4. The maximum atomic E-state index is 11.9. The molecule has 0 unspecified atom stereocenters. The first-order valence-corrected chi connectivity index (χ1v) is 6.63. The van der Waals surface area contributed by atoms with Gasteiger partial charge in [-0.05, 0) is 30.3 Å². The predicted molar refractivity (Wildman–Crippen MR) is 83.5 cm³/mol. The van der Waals surface area contributed by atoms with Crippen LogP contribution in [0.15, 0.2) is 42.5 Å². The maximum Gasteiger partial charge on any atom is 0.341 e. The van der Waals surface area contributed by atoms with E-state index >= 15 is 0 Å². The number of para-hydroxylation sites is 1. The summed E-state index contributed by atoms with van der Waals surface area (Å²) in [5.41, 5.74) is 0.541. The van der Waals surface area contributed by atoms with Crippen LogP contribution in [0.4, 0.5) is 16.2 Å². The van der Waals surface area contributed by atoms with Gasteiger partial charge in [0.05, 0.1) is 12.8 Å². The van der Waals surface area contributed by atoms with Crippen LogP contribution < -0.4 is 10.6 Å². The van der Waals surface area contributed by atoms with Gasteiger partial charge in [-0.15, -0.1) is 0 Å². The molecular formula is C15H13ClN2O4. The van der Waals surface area contributed by atoms with Crippen LogP contribution in [0.3, 0.4) is 0 Å². The molecule has 22 heavy (non-hydrogen) atoms. The first kappa shape index (κ1) is 15.7. The van der Waals surface area contributed by atoms with Crippen LogP contribution in [0, 0.1) is 0 Å². The van der Waals surface area contributed by atoms with Gasteiger partial charge < -0.3 is 20.5 Å². The monoisotopic (exact) mass is 320 g/mol. The highest BCUT2D eigenvalue weighted by Gasteiger charge is 2.15. The minimum Gasteiger partial charge on any atom is -0.505 e. The Morgan fingerprint density at radius 1 is 1.14 bits per heavy atom. The van der Waals surface area contributed by atoms with Gasteiger partial charge in [-0.3, -0.25) is 0 Å². The molecule has 0 aliphatic heterocycles. The molecule has 0 heterocycles. The molecule has 2 rings (SSSR count). The molecule has 7 heteroatoms. The quantitative estimate of drug-likeness (QED) is 0.597. The minimum absolute atomic E-state index is 0.0388. The van der Waals surface area contributed by atoms with E-state index in [2.05, 4.69) is 15.4 Å². The number of esters is 1. The number of anilines is 2. The van der Waals surface area contributed by atoms with Gasteiger partial charge in [0.2, 0.25) is 0 Å². The predicted octanol–water partition coefficient (Wildman–Crippen LogP) is 3.48. The van der Waals surface area contributed by atoms with Gasteiger partial charge in [-0.1, -0.05) is 23.7 Å². The highest BCUT2D eigenvalue weighted by Crippen LogP contribution is 2.28. The van der Waals surface area contributed by atoms with Crippen molar-refractivity contribution in [1.82, 2.24) is 0 Å². The number of aromatic hydroxyl groups is 1. The standard InChI is InChI=1S/C15H13ClN2O4/c1-22-14(20)11-6-3-7-12(13(11)19)18-15(21)17-10-5-2-4-9(16)8-10/h2-8,19H,1H3,(H2,17,18,21). The number of rotatable bonds is 3. The molecule has 0 saturated carbocycles. The molecule has 0 fully saturated rings. The largest absolute Gasteiger partial charge is 0.505 e. The Labute approximate surface area is 131 Å². The Morgan fingerprint density at radius 3 is 2.55 bits per heavy atom. The van der Waals surface area contributed by atoms with Crippen LogP contribution in [-0.4, -0.2) is 24.2 Å². The molecular weight excluding hydrogens is 308 g/mol. The van der Waals surface area contributed by atoms with Crippen LogP contribution in [-0.2, 0) is 4.74 Å². The summed E-state index contributed by atoms with van der Waals surface area (Å²) in [6.07, 6.45) is 0. The van der Waals surface area contributed by atoms with Crippen LogP contribution in [0.25, 0.3) is 0 Å². The van der Waals surface area contributed by atoms with Gasteiger partial charge in [0.1, 0.15) is 5.56 Å². The number of ether oxygens (including phenoxy) is 1. The van der Waals surface area contributed by atoms with Crippen LogP contribution >= 0.6 is 11.6 Å². The molecule has 114 valence electrons. The Hall–Kier alpha value is -2.73. The Balaban J connectivity index is 2.13. The van der Waals surface area contributed by atoms with E-state index in [-0.39, 0.29) is 17.0 Å². The second kappa shape index (κ2) is 6.82. The normalized spacial score (nSPS) is 9.91. The Kier molecular flexibility index (Phi) is 4.85. The number of carbonyl (C=O) groups is 2. The third-order valence-electron chi connectivity index (χ3n) is 2.77. The van der Waals surface area contributed by atoms with Crippen LogP contribution in [0.2, 0.25) is 5.02 Å². The lowest BCUT2D eigenvalue weighted by atomic mass is 10.1. The molecule has 0 bridgehead atoms.